The van der Waals surface area contributed by atoms with E-state index >= 15 is 0 Å². The molecule has 7 nitrogen and oxygen atoms in total. The minimum absolute atomic E-state index is 0.0278. The smallest absolute Gasteiger partial charge is 0.356 e. The van der Waals surface area contributed by atoms with Crippen molar-refractivity contribution in [2.75, 3.05) is 5.32 Å². The second-order valence-electron chi connectivity index (χ2n) is 5.60. The van der Waals surface area contributed by atoms with E-state index in [1.807, 2.05) is 24.4 Å². The second kappa shape index (κ2) is 6.57. The van der Waals surface area contributed by atoms with Gasteiger partial charge in [-0.25, -0.2) is 4.79 Å². The van der Waals surface area contributed by atoms with Crippen molar-refractivity contribution in [1.82, 2.24) is 14.8 Å². The molecule has 0 saturated heterocycles. The van der Waals surface area contributed by atoms with Crippen LogP contribution in [0, 0.1) is 0 Å². The van der Waals surface area contributed by atoms with Crippen molar-refractivity contribution in [3.05, 3.63) is 47.9 Å². The van der Waals surface area contributed by atoms with E-state index in [0.29, 0.717) is 12.8 Å². The molecule has 2 aromatic heterocycles. The molecule has 0 atom stereocenters. The fourth-order valence-electron chi connectivity index (χ4n) is 2.77. The molecule has 0 aliphatic heterocycles. The third kappa shape index (κ3) is 3.15. The Kier molecular flexibility index (Phi) is 4.33. The average molecular weight is 326 g/mol. The van der Waals surface area contributed by atoms with E-state index in [1.54, 1.807) is 0 Å². The quantitative estimate of drug-likeness (QED) is 0.648. The lowest BCUT2D eigenvalue weighted by Gasteiger charge is -2.05. The molecule has 3 rings (SSSR count). The van der Waals surface area contributed by atoms with Gasteiger partial charge in [-0.3, -0.25) is 9.48 Å². The lowest BCUT2D eigenvalue weighted by Crippen LogP contribution is -2.15. The summed E-state index contributed by atoms with van der Waals surface area (Å²) in [5.41, 5.74) is 2.45. The molecule has 0 spiro atoms. The topological polar surface area (TPSA) is 100 Å². The van der Waals surface area contributed by atoms with Crippen LogP contribution in [0.3, 0.4) is 0 Å². The monoisotopic (exact) mass is 326 g/mol. The van der Waals surface area contributed by atoms with Gasteiger partial charge in [0.05, 0.1) is 11.9 Å². The molecule has 0 unspecified atom stereocenters. The van der Waals surface area contributed by atoms with Gasteiger partial charge in [0, 0.05) is 30.6 Å². The first-order valence-electron chi connectivity index (χ1n) is 7.66. The number of benzene rings is 1. The Labute approximate surface area is 138 Å². The number of hydrogen-bond donors (Lipinski definition) is 3. The predicted molar refractivity (Wildman–Crippen MR) is 90.0 cm³/mol. The van der Waals surface area contributed by atoms with Crippen LogP contribution >= 0.6 is 0 Å². The van der Waals surface area contributed by atoms with Crippen LogP contribution in [-0.2, 0) is 18.3 Å². The van der Waals surface area contributed by atoms with Gasteiger partial charge in [-0.2, -0.15) is 5.10 Å². The number of fused-ring (bicyclic) bond motifs is 1. The summed E-state index contributed by atoms with van der Waals surface area (Å²) in [6, 6.07) is 8.03. The Morgan fingerprint density at radius 3 is 2.92 bits per heavy atom. The third-order valence-corrected chi connectivity index (χ3v) is 3.94. The first kappa shape index (κ1) is 15.8. The molecule has 3 N–H and O–H groups in total. The minimum Gasteiger partial charge on any atom is -0.476 e. The summed E-state index contributed by atoms with van der Waals surface area (Å²) >= 11 is 0. The summed E-state index contributed by atoms with van der Waals surface area (Å²) in [7, 11) is 1.52. The van der Waals surface area contributed by atoms with Gasteiger partial charge in [0.15, 0.2) is 5.69 Å². The highest BCUT2D eigenvalue weighted by atomic mass is 16.4. The fourth-order valence-corrected chi connectivity index (χ4v) is 2.77. The lowest BCUT2D eigenvalue weighted by atomic mass is 10.1. The van der Waals surface area contributed by atoms with Crippen LogP contribution in [0.15, 0.2) is 36.7 Å². The number of carbonyl (C=O) groups excluding carboxylic acids is 1. The third-order valence-electron chi connectivity index (χ3n) is 3.94. The molecule has 24 heavy (non-hydrogen) atoms. The lowest BCUT2D eigenvalue weighted by molar-refractivity contribution is -0.116. The summed E-state index contributed by atoms with van der Waals surface area (Å²) in [5.74, 6) is -1.34. The zero-order valence-corrected chi connectivity index (χ0v) is 13.2. The highest BCUT2D eigenvalue weighted by Gasteiger charge is 2.17. The number of aromatic carboxylic acids is 1. The number of aromatic nitrogens is 3. The maximum Gasteiger partial charge on any atom is 0.356 e. The van der Waals surface area contributed by atoms with E-state index in [1.165, 1.54) is 28.9 Å². The Bertz CT molecular complexity index is 894. The number of rotatable bonds is 6. The summed E-state index contributed by atoms with van der Waals surface area (Å²) in [6.45, 7) is 0. The molecule has 7 heteroatoms. The highest BCUT2D eigenvalue weighted by Crippen LogP contribution is 2.20. The SMILES string of the molecule is Cn1ncc(NC(=O)CCCc2c[nH]c3ccccc23)c1C(=O)O. The molecule has 0 saturated carbocycles. The highest BCUT2D eigenvalue weighted by molar-refractivity contribution is 5.99. The summed E-state index contributed by atoms with van der Waals surface area (Å²) < 4.78 is 1.23. The van der Waals surface area contributed by atoms with Crippen molar-refractivity contribution in [3.8, 4) is 0 Å². The number of anilines is 1. The van der Waals surface area contributed by atoms with Crippen LogP contribution in [0.25, 0.3) is 10.9 Å². The summed E-state index contributed by atoms with van der Waals surface area (Å²) in [4.78, 5) is 26.4. The second-order valence-corrected chi connectivity index (χ2v) is 5.60. The van der Waals surface area contributed by atoms with Gasteiger partial charge in [0.25, 0.3) is 0 Å². The molecular formula is C17H18N4O3. The van der Waals surface area contributed by atoms with Gasteiger partial charge in [0.2, 0.25) is 5.91 Å². The number of carboxylic acid groups (broad SMARTS) is 1. The number of hydrogen-bond acceptors (Lipinski definition) is 3. The molecule has 0 aliphatic rings. The molecule has 3 aromatic rings. The van der Waals surface area contributed by atoms with Crippen LogP contribution in [0.1, 0.15) is 28.9 Å². The number of nitrogens with one attached hydrogen (secondary N) is 2. The number of amides is 1. The van der Waals surface area contributed by atoms with E-state index in [9.17, 15) is 9.59 Å². The van der Waals surface area contributed by atoms with Crippen molar-refractivity contribution in [3.63, 3.8) is 0 Å². The number of para-hydroxylation sites is 1. The van der Waals surface area contributed by atoms with E-state index in [2.05, 4.69) is 21.5 Å². The van der Waals surface area contributed by atoms with Crippen molar-refractivity contribution in [2.24, 2.45) is 7.05 Å². The molecule has 2 heterocycles. The summed E-state index contributed by atoms with van der Waals surface area (Å²) in [6.07, 6.45) is 5.08. The Balaban J connectivity index is 1.57. The first-order chi connectivity index (χ1) is 11.6. The van der Waals surface area contributed by atoms with E-state index in [0.717, 1.165) is 11.9 Å². The number of carboxylic acids is 1. The minimum atomic E-state index is -1.12. The maximum absolute atomic E-state index is 12.0. The zero-order chi connectivity index (χ0) is 17.1. The van der Waals surface area contributed by atoms with Gasteiger partial charge < -0.3 is 15.4 Å². The largest absolute Gasteiger partial charge is 0.476 e. The van der Waals surface area contributed by atoms with Crippen LogP contribution in [-0.4, -0.2) is 31.7 Å². The standard InChI is InChI=1S/C17H18N4O3/c1-21-16(17(23)24)14(10-19-21)20-15(22)8-4-5-11-9-18-13-7-3-2-6-12(11)13/h2-3,6-7,9-10,18H,4-5,8H2,1H3,(H,20,22)(H,23,24). The Hall–Kier alpha value is -3.09. The van der Waals surface area contributed by atoms with Crippen LogP contribution in [0.2, 0.25) is 0 Å². The van der Waals surface area contributed by atoms with Crippen LogP contribution in [0.5, 0.6) is 0 Å². The molecule has 1 aromatic carbocycles. The number of H-pyrrole nitrogens is 1. The molecular weight excluding hydrogens is 308 g/mol. The van der Waals surface area contributed by atoms with Crippen molar-refractivity contribution in [1.29, 1.82) is 0 Å². The van der Waals surface area contributed by atoms with Gasteiger partial charge in [-0.1, -0.05) is 18.2 Å². The predicted octanol–water partition coefficient (Wildman–Crippen LogP) is 2.56. The Morgan fingerprint density at radius 2 is 2.12 bits per heavy atom. The number of nitrogens with zero attached hydrogens (tertiary/aromatic N) is 2. The normalized spacial score (nSPS) is 10.9. The van der Waals surface area contributed by atoms with Crippen molar-refractivity contribution >= 4 is 28.5 Å². The molecule has 0 bridgehead atoms. The first-order valence-corrected chi connectivity index (χ1v) is 7.66. The summed E-state index contributed by atoms with van der Waals surface area (Å²) in [5, 5.41) is 16.8. The maximum atomic E-state index is 12.0. The van der Waals surface area contributed by atoms with Gasteiger partial charge in [-0.15, -0.1) is 0 Å². The van der Waals surface area contributed by atoms with E-state index < -0.39 is 5.97 Å². The molecule has 0 aliphatic carbocycles. The fraction of sp³-hybridized carbons (Fsp3) is 0.235. The van der Waals surface area contributed by atoms with Crippen LogP contribution in [0.4, 0.5) is 5.69 Å². The van der Waals surface area contributed by atoms with Gasteiger partial charge in [0.1, 0.15) is 0 Å². The van der Waals surface area contributed by atoms with Gasteiger partial charge in [-0.05, 0) is 24.5 Å². The molecule has 0 radical (unpaired) electrons. The van der Waals surface area contributed by atoms with Gasteiger partial charge >= 0.3 is 5.97 Å². The number of aromatic amines is 1. The Morgan fingerprint density at radius 1 is 1.33 bits per heavy atom. The van der Waals surface area contributed by atoms with E-state index in [-0.39, 0.29) is 17.3 Å². The van der Waals surface area contributed by atoms with Crippen molar-refractivity contribution in [2.45, 2.75) is 19.3 Å². The molecule has 124 valence electrons. The average Bonchev–Trinajstić information content (AvgIpc) is 3.11. The molecule has 1 amide bonds. The molecule has 0 fully saturated rings. The van der Waals surface area contributed by atoms with E-state index in [4.69, 9.17) is 5.11 Å². The number of aryl methyl sites for hydroxylation is 2. The number of carbonyl (C=O) groups is 2. The van der Waals surface area contributed by atoms with Crippen molar-refractivity contribution < 1.29 is 14.7 Å². The van der Waals surface area contributed by atoms with Crippen LogP contribution < -0.4 is 5.32 Å². The zero-order valence-electron chi connectivity index (χ0n) is 13.2.